The fourth-order valence-corrected chi connectivity index (χ4v) is 1.09. The fourth-order valence-electron chi connectivity index (χ4n) is 1.09. The molecule has 0 heterocycles. The molecule has 72 valence electrons. The van der Waals surface area contributed by atoms with Gasteiger partial charge in [0, 0.05) is 19.3 Å². The maximum absolute atomic E-state index is 9.47. The molecule has 0 unspecified atom stereocenters. The number of rotatable bonds is 4. The highest BCUT2D eigenvalue weighted by Gasteiger charge is 1.99. The van der Waals surface area contributed by atoms with Crippen LogP contribution >= 0.6 is 0 Å². The molecular formula is C10H16N2O. The van der Waals surface area contributed by atoms with Crippen LogP contribution in [0.5, 0.6) is 5.75 Å². The van der Waals surface area contributed by atoms with Crippen LogP contribution in [0.2, 0.25) is 0 Å². The van der Waals surface area contributed by atoms with E-state index in [1.165, 1.54) is 0 Å². The molecule has 0 radical (unpaired) electrons. The third kappa shape index (κ3) is 2.54. The van der Waals surface area contributed by atoms with Crippen LogP contribution in [-0.4, -0.2) is 18.7 Å². The van der Waals surface area contributed by atoms with Crippen LogP contribution in [-0.2, 0) is 0 Å². The maximum Gasteiger partial charge on any atom is 0.138 e. The summed E-state index contributed by atoms with van der Waals surface area (Å²) < 4.78 is 0. The van der Waals surface area contributed by atoms with E-state index in [-0.39, 0.29) is 0 Å². The molecule has 3 nitrogen and oxygen atoms in total. The Bertz CT molecular complexity index is 274. The largest absolute Gasteiger partial charge is 0.506 e. The molecule has 0 spiro atoms. The van der Waals surface area contributed by atoms with Crippen molar-refractivity contribution < 1.29 is 5.11 Å². The molecule has 13 heavy (non-hydrogen) atoms. The third-order valence-electron chi connectivity index (χ3n) is 1.85. The Balaban J connectivity index is 2.78. The molecule has 3 N–H and O–H groups in total. The number of phenols is 1. The number of anilines is 2. The minimum absolute atomic E-state index is 0.299. The summed E-state index contributed by atoms with van der Waals surface area (Å²) in [7, 11) is 1.86. The lowest BCUT2D eigenvalue weighted by molar-refractivity contribution is 0.477. The van der Waals surface area contributed by atoms with Gasteiger partial charge in [-0.3, -0.25) is 0 Å². The first-order chi connectivity index (χ1) is 6.27. The van der Waals surface area contributed by atoms with E-state index in [2.05, 4.69) is 17.6 Å². The lowest BCUT2D eigenvalue weighted by Crippen LogP contribution is -2.00. The zero-order valence-corrected chi connectivity index (χ0v) is 8.09. The van der Waals surface area contributed by atoms with Gasteiger partial charge in [0.2, 0.25) is 0 Å². The van der Waals surface area contributed by atoms with Gasteiger partial charge in [-0.25, -0.2) is 0 Å². The van der Waals surface area contributed by atoms with Crippen molar-refractivity contribution in [1.29, 1.82) is 0 Å². The van der Waals surface area contributed by atoms with E-state index >= 15 is 0 Å². The van der Waals surface area contributed by atoms with Gasteiger partial charge in [-0.2, -0.15) is 0 Å². The highest BCUT2D eigenvalue weighted by Crippen LogP contribution is 2.26. The van der Waals surface area contributed by atoms with E-state index < -0.39 is 0 Å². The van der Waals surface area contributed by atoms with Crippen molar-refractivity contribution in [2.75, 3.05) is 24.2 Å². The summed E-state index contributed by atoms with van der Waals surface area (Å²) in [6.07, 6.45) is 1.04. The molecule has 3 heteroatoms. The Hall–Kier alpha value is -1.38. The van der Waals surface area contributed by atoms with Gasteiger partial charge in [0.1, 0.15) is 5.75 Å². The van der Waals surface area contributed by atoms with E-state index in [0.717, 1.165) is 24.3 Å². The van der Waals surface area contributed by atoms with Gasteiger partial charge in [0.15, 0.2) is 0 Å². The van der Waals surface area contributed by atoms with E-state index in [1.807, 2.05) is 19.2 Å². The van der Waals surface area contributed by atoms with Crippen molar-refractivity contribution in [2.24, 2.45) is 0 Å². The van der Waals surface area contributed by atoms with E-state index in [9.17, 15) is 5.11 Å². The quantitative estimate of drug-likeness (QED) is 0.492. The zero-order valence-electron chi connectivity index (χ0n) is 8.09. The number of benzene rings is 1. The van der Waals surface area contributed by atoms with Crippen LogP contribution < -0.4 is 10.6 Å². The average molecular weight is 180 g/mol. The Morgan fingerprint density at radius 1 is 1.38 bits per heavy atom. The second-order valence-corrected chi connectivity index (χ2v) is 2.91. The molecule has 0 fully saturated rings. The smallest absolute Gasteiger partial charge is 0.138 e. The first kappa shape index (κ1) is 9.71. The van der Waals surface area contributed by atoms with Crippen molar-refractivity contribution in [1.82, 2.24) is 0 Å². The molecule has 0 saturated heterocycles. The Kier molecular flexibility index (Phi) is 3.43. The van der Waals surface area contributed by atoms with E-state index in [4.69, 9.17) is 0 Å². The van der Waals surface area contributed by atoms with E-state index in [1.54, 1.807) is 6.07 Å². The zero-order chi connectivity index (χ0) is 9.68. The van der Waals surface area contributed by atoms with Crippen LogP contribution in [0.4, 0.5) is 11.4 Å². The second-order valence-electron chi connectivity index (χ2n) is 2.91. The minimum Gasteiger partial charge on any atom is -0.506 e. The van der Waals surface area contributed by atoms with Gasteiger partial charge < -0.3 is 15.7 Å². The van der Waals surface area contributed by atoms with Gasteiger partial charge in [0.25, 0.3) is 0 Å². The molecule has 0 atom stereocenters. The number of hydrogen-bond donors (Lipinski definition) is 3. The molecule has 1 aromatic carbocycles. The van der Waals surface area contributed by atoms with Crippen molar-refractivity contribution in [3.8, 4) is 5.75 Å². The number of nitrogens with one attached hydrogen (secondary N) is 2. The topological polar surface area (TPSA) is 44.3 Å². The van der Waals surface area contributed by atoms with Crippen LogP contribution in [0.25, 0.3) is 0 Å². The normalized spacial score (nSPS) is 9.69. The first-order valence-corrected chi connectivity index (χ1v) is 4.52. The van der Waals surface area contributed by atoms with Crippen molar-refractivity contribution >= 4 is 11.4 Å². The predicted octanol–water partition coefficient (Wildman–Crippen LogP) is 2.26. The van der Waals surface area contributed by atoms with Crippen LogP contribution in [0.1, 0.15) is 13.3 Å². The van der Waals surface area contributed by atoms with Gasteiger partial charge >= 0.3 is 0 Å². The summed E-state index contributed by atoms with van der Waals surface area (Å²) in [6, 6.07) is 5.42. The monoisotopic (exact) mass is 180 g/mol. The SMILES string of the molecule is CCCNc1cc(NC)ccc1O. The van der Waals surface area contributed by atoms with Gasteiger partial charge in [-0.1, -0.05) is 6.92 Å². The molecule has 1 rings (SSSR count). The van der Waals surface area contributed by atoms with Gasteiger partial charge in [-0.15, -0.1) is 0 Å². The first-order valence-electron chi connectivity index (χ1n) is 4.52. The second kappa shape index (κ2) is 4.60. The highest BCUT2D eigenvalue weighted by molar-refractivity contribution is 5.64. The van der Waals surface area contributed by atoms with Gasteiger partial charge in [0.05, 0.1) is 5.69 Å². The minimum atomic E-state index is 0.299. The van der Waals surface area contributed by atoms with Crippen LogP contribution in [0, 0.1) is 0 Å². The summed E-state index contributed by atoms with van der Waals surface area (Å²) in [5.41, 5.74) is 1.78. The fraction of sp³-hybridized carbons (Fsp3) is 0.400. The molecule has 0 bridgehead atoms. The summed E-state index contributed by atoms with van der Waals surface area (Å²) in [6.45, 7) is 2.96. The standard InChI is InChI=1S/C10H16N2O/c1-3-6-12-9-7-8(11-2)4-5-10(9)13/h4-5,7,11-13H,3,6H2,1-2H3. The van der Waals surface area contributed by atoms with Crippen LogP contribution in [0.3, 0.4) is 0 Å². The molecule has 1 aromatic rings. The Morgan fingerprint density at radius 2 is 2.15 bits per heavy atom. The van der Waals surface area contributed by atoms with Gasteiger partial charge in [-0.05, 0) is 24.6 Å². The molecule has 0 aliphatic rings. The Morgan fingerprint density at radius 3 is 2.77 bits per heavy atom. The lowest BCUT2D eigenvalue weighted by atomic mass is 10.2. The molecule has 0 amide bonds. The summed E-state index contributed by atoms with van der Waals surface area (Å²) in [5.74, 6) is 0.299. The maximum atomic E-state index is 9.47. The lowest BCUT2D eigenvalue weighted by Gasteiger charge is -2.09. The average Bonchev–Trinajstić information content (AvgIpc) is 2.17. The Labute approximate surface area is 78.8 Å². The molecule has 0 aliphatic carbocycles. The predicted molar refractivity (Wildman–Crippen MR) is 56.4 cm³/mol. The highest BCUT2D eigenvalue weighted by atomic mass is 16.3. The molecular weight excluding hydrogens is 164 g/mol. The van der Waals surface area contributed by atoms with E-state index in [0.29, 0.717) is 5.75 Å². The third-order valence-corrected chi connectivity index (χ3v) is 1.85. The van der Waals surface area contributed by atoms with Crippen molar-refractivity contribution in [3.05, 3.63) is 18.2 Å². The van der Waals surface area contributed by atoms with Crippen molar-refractivity contribution in [2.45, 2.75) is 13.3 Å². The van der Waals surface area contributed by atoms with Crippen LogP contribution in [0.15, 0.2) is 18.2 Å². The van der Waals surface area contributed by atoms with Crippen molar-refractivity contribution in [3.63, 3.8) is 0 Å². The number of aromatic hydroxyl groups is 1. The number of phenolic OH excluding ortho intramolecular Hbond substituents is 1. The summed E-state index contributed by atoms with van der Waals surface area (Å²) >= 11 is 0. The molecule has 0 aliphatic heterocycles. The number of hydrogen-bond acceptors (Lipinski definition) is 3. The molecule has 0 aromatic heterocycles. The summed E-state index contributed by atoms with van der Waals surface area (Å²) in [5, 5.41) is 15.6. The summed E-state index contributed by atoms with van der Waals surface area (Å²) in [4.78, 5) is 0. The molecule has 0 saturated carbocycles.